The number of ether oxygens (including phenoxy) is 2. The maximum atomic E-state index is 13.0. The fourth-order valence-electron chi connectivity index (χ4n) is 5.01. The summed E-state index contributed by atoms with van der Waals surface area (Å²) in [6.45, 7) is 2.47. The average molecular weight is 409 g/mol. The number of piperidine rings is 1. The molecular formula is C23H27N3O4. The summed E-state index contributed by atoms with van der Waals surface area (Å²) in [6, 6.07) is 11.5. The monoisotopic (exact) mass is 409 g/mol. The second-order valence-corrected chi connectivity index (χ2v) is 8.26. The van der Waals surface area contributed by atoms with Gasteiger partial charge in [0, 0.05) is 38.4 Å². The standard InChI is InChI=1S/C23H27N3O4/c1-16(27)29-23(26-13-6-3-7-14-26)22(25,15-24)21(17-9-4-2-5-10-17)20-18(28)11-8-12-19(20)30-23/h2,4-5,9-10,21H,3,6-8,11-14,25H2,1H3. The number of carbonyl (C=O) groups is 2. The number of nitrogens with two attached hydrogens (primary N) is 1. The van der Waals surface area contributed by atoms with Gasteiger partial charge in [0.25, 0.3) is 0 Å². The van der Waals surface area contributed by atoms with E-state index in [0.717, 1.165) is 24.8 Å². The van der Waals surface area contributed by atoms with E-state index in [-0.39, 0.29) is 5.78 Å². The number of hydrogen-bond donors (Lipinski definition) is 1. The number of nitrogens with zero attached hydrogens (tertiary/aromatic N) is 2. The van der Waals surface area contributed by atoms with Gasteiger partial charge in [0.15, 0.2) is 5.78 Å². The number of nitriles is 1. The highest BCUT2D eigenvalue weighted by atomic mass is 16.7. The molecule has 0 aromatic heterocycles. The van der Waals surface area contributed by atoms with Crippen molar-refractivity contribution in [2.24, 2.45) is 5.73 Å². The number of benzene rings is 1. The molecule has 2 aliphatic heterocycles. The molecule has 1 aromatic rings. The van der Waals surface area contributed by atoms with Crippen LogP contribution in [0.25, 0.3) is 0 Å². The summed E-state index contributed by atoms with van der Waals surface area (Å²) in [5.41, 5.74) is 6.25. The van der Waals surface area contributed by atoms with Crippen molar-refractivity contribution in [2.45, 2.75) is 62.8 Å². The summed E-state index contributed by atoms with van der Waals surface area (Å²) in [7, 11) is 0. The molecule has 0 saturated carbocycles. The second-order valence-electron chi connectivity index (χ2n) is 8.26. The molecule has 1 aromatic carbocycles. The lowest BCUT2D eigenvalue weighted by molar-refractivity contribution is -0.320. The van der Waals surface area contributed by atoms with Crippen LogP contribution in [0.3, 0.4) is 0 Å². The summed E-state index contributed by atoms with van der Waals surface area (Å²) < 4.78 is 12.2. The van der Waals surface area contributed by atoms with E-state index in [4.69, 9.17) is 15.2 Å². The van der Waals surface area contributed by atoms with Crippen molar-refractivity contribution in [3.63, 3.8) is 0 Å². The molecule has 4 rings (SSSR count). The Morgan fingerprint density at radius 2 is 1.90 bits per heavy atom. The molecule has 3 atom stereocenters. The van der Waals surface area contributed by atoms with E-state index < -0.39 is 23.3 Å². The van der Waals surface area contributed by atoms with Crippen LogP contribution in [0.15, 0.2) is 41.7 Å². The van der Waals surface area contributed by atoms with Crippen molar-refractivity contribution in [3.8, 4) is 6.07 Å². The van der Waals surface area contributed by atoms with Gasteiger partial charge in [0.05, 0.1) is 12.0 Å². The van der Waals surface area contributed by atoms with Gasteiger partial charge >= 0.3 is 11.9 Å². The molecular weight excluding hydrogens is 382 g/mol. The minimum absolute atomic E-state index is 0.0646. The lowest BCUT2D eigenvalue weighted by Crippen LogP contribution is -2.75. The summed E-state index contributed by atoms with van der Waals surface area (Å²) in [5.74, 6) is -2.70. The fraction of sp³-hybridized carbons (Fsp3) is 0.522. The van der Waals surface area contributed by atoms with Gasteiger partial charge in [-0.2, -0.15) is 5.26 Å². The normalized spacial score (nSPS) is 32.0. The van der Waals surface area contributed by atoms with E-state index in [9.17, 15) is 14.9 Å². The summed E-state index contributed by atoms with van der Waals surface area (Å²) in [6.07, 6.45) is 4.40. The number of rotatable bonds is 3. The molecule has 0 radical (unpaired) electrons. The van der Waals surface area contributed by atoms with E-state index in [0.29, 0.717) is 43.7 Å². The van der Waals surface area contributed by atoms with Crippen LogP contribution in [-0.2, 0) is 19.1 Å². The van der Waals surface area contributed by atoms with Crippen LogP contribution in [0.2, 0.25) is 0 Å². The van der Waals surface area contributed by atoms with E-state index in [1.165, 1.54) is 6.92 Å². The second kappa shape index (κ2) is 7.86. The first-order chi connectivity index (χ1) is 14.4. The Labute approximate surface area is 176 Å². The Morgan fingerprint density at radius 1 is 1.20 bits per heavy atom. The van der Waals surface area contributed by atoms with E-state index in [1.807, 2.05) is 35.2 Å². The van der Waals surface area contributed by atoms with Crippen LogP contribution in [0.1, 0.15) is 56.9 Å². The zero-order valence-corrected chi connectivity index (χ0v) is 17.2. The number of carbonyl (C=O) groups excluding carboxylic acids is 2. The Morgan fingerprint density at radius 3 is 2.53 bits per heavy atom. The number of ketones is 1. The Bertz CT molecular complexity index is 916. The number of likely N-dealkylation sites (tertiary alicyclic amines) is 1. The smallest absolute Gasteiger partial charge is 0.351 e. The average Bonchev–Trinajstić information content (AvgIpc) is 2.75. The SMILES string of the molecule is CC(=O)OC1(N2CCCCC2)OC2=C(C(=O)CCC2)C(c2ccccc2)C1(N)C#N. The third-order valence-corrected chi connectivity index (χ3v) is 6.31. The number of allylic oxidation sites excluding steroid dienone is 1. The summed E-state index contributed by atoms with van der Waals surface area (Å²) in [5, 5.41) is 10.4. The third kappa shape index (κ3) is 3.11. The van der Waals surface area contributed by atoms with Gasteiger partial charge in [-0.3, -0.25) is 9.59 Å². The first kappa shape index (κ1) is 20.6. The van der Waals surface area contributed by atoms with E-state index in [1.54, 1.807) is 0 Å². The van der Waals surface area contributed by atoms with Gasteiger partial charge in [-0.05, 0) is 24.8 Å². The number of hydrogen-bond acceptors (Lipinski definition) is 7. The molecule has 2 heterocycles. The van der Waals surface area contributed by atoms with Crippen molar-refractivity contribution in [2.75, 3.05) is 13.1 Å². The Balaban J connectivity index is 1.98. The number of esters is 1. The topological polar surface area (TPSA) is 106 Å². The molecule has 158 valence electrons. The van der Waals surface area contributed by atoms with Crippen LogP contribution in [0.5, 0.6) is 0 Å². The first-order valence-electron chi connectivity index (χ1n) is 10.6. The van der Waals surface area contributed by atoms with E-state index in [2.05, 4.69) is 6.07 Å². The fourth-order valence-corrected chi connectivity index (χ4v) is 5.01. The van der Waals surface area contributed by atoms with Gasteiger partial charge < -0.3 is 15.2 Å². The van der Waals surface area contributed by atoms with Crippen LogP contribution in [-0.4, -0.2) is 41.2 Å². The number of Topliss-reactive ketones (excluding diaryl/α,β-unsaturated/α-hetero) is 1. The van der Waals surface area contributed by atoms with Gasteiger partial charge in [0.1, 0.15) is 5.76 Å². The van der Waals surface area contributed by atoms with Crippen LogP contribution < -0.4 is 5.73 Å². The third-order valence-electron chi connectivity index (χ3n) is 6.31. The molecule has 2 N–H and O–H groups in total. The highest BCUT2D eigenvalue weighted by molar-refractivity contribution is 5.99. The molecule has 0 spiro atoms. The zero-order chi connectivity index (χ0) is 21.4. The molecule has 3 aliphatic rings. The molecule has 1 saturated heterocycles. The lowest BCUT2D eigenvalue weighted by atomic mass is 9.68. The van der Waals surface area contributed by atoms with E-state index >= 15 is 0 Å². The zero-order valence-electron chi connectivity index (χ0n) is 17.2. The van der Waals surface area contributed by atoms with Crippen LogP contribution >= 0.6 is 0 Å². The highest BCUT2D eigenvalue weighted by Crippen LogP contribution is 2.52. The van der Waals surface area contributed by atoms with Crippen molar-refractivity contribution >= 4 is 11.8 Å². The molecule has 3 unspecified atom stereocenters. The molecule has 0 bridgehead atoms. The maximum absolute atomic E-state index is 13.0. The maximum Gasteiger partial charge on any atom is 0.351 e. The van der Waals surface area contributed by atoms with Gasteiger partial charge in [-0.25, -0.2) is 4.90 Å². The minimum atomic E-state index is -1.80. The molecule has 1 fully saturated rings. The predicted molar refractivity (Wildman–Crippen MR) is 109 cm³/mol. The van der Waals surface area contributed by atoms with Crippen LogP contribution in [0, 0.1) is 11.3 Å². The summed E-state index contributed by atoms with van der Waals surface area (Å²) >= 11 is 0. The van der Waals surface area contributed by atoms with Crippen LogP contribution in [0.4, 0.5) is 0 Å². The lowest BCUT2D eigenvalue weighted by Gasteiger charge is -2.55. The molecule has 7 heteroatoms. The molecule has 30 heavy (non-hydrogen) atoms. The Hall–Kier alpha value is -2.69. The largest absolute Gasteiger partial charge is 0.441 e. The van der Waals surface area contributed by atoms with Crippen molar-refractivity contribution in [3.05, 3.63) is 47.2 Å². The Kier molecular flexibility index (Phi) is 5.39. The van der Waals surface area contributed by atoms with Crippen molar-refractivity contribution < 1.29 is 19.1 Å². The van der Waals surface area contributed by atoms with Crippen molar-refractivity contribution in [1.82, 2.24) is 4.90 Å². The quantitative estimate of drug-likeness (QED) is 0.765. The minimum Gasteiger partial charge on any atom is -0.441 e. The predicted octanol–water partition coefficient (Wildman–Crippen LogP) is 2.73. The highest BCUT2D eigenvalue weighted by Gasteiger charge is 2.68. The van der Waals surface area contributed by atoms with Crippen molar-refractivity contribution in [1.29, 1.82) is 5.26 Å². The van der Waals surface area contributed by atoms with Gasteiger partial charge in [-0.1, -0.05) is 36.8 Å². The molecule has 0 amide bonds. The van der Waals surface area contributed by atoms with Gasteiger partial charge in [0.2, 0.25) is 5.54 Å². The first-order valence-corrected chi connectivity index (χ1v) is 10.6. The molecule has 1 aliphatic carbocycles. The summed E-state index contributed by atoms with van der Waals surface area (Å²) in [4.78, 5) is 27.1. The molecule has 7 nitrogen and oxygen atoms in total. The van der Waals surface area contributed by atoms with Gasteiger partial charge in [-0.15, -0.1) is 0 Å².